The Hall–Kier alpha value is -1.10. The fraction of sp³-hybridized carbons (Fsp3) is 0.833. The molecule has 1 unspecified atom stereocenters. The molecule has 1 aliphatic rings. The lowest BCUT2D eigenvalue weighted by Crippen LogP contribution is -2.43. The number of nitrogens with one attached hydrogen (secondary N) is 1. The first-order chi connectivity index (χ1) is 8.02. The molecular weight excluding hydrogens is 220 g/mol. The Morgan fingerprint density at radius 2 is 2.12 bits per heavy atom. The number of carbonyl (C=O) groups is 2. The molecule has 0 aromatic rings. The number of aliphatic carboxylic acids is 1. The number of hydrogen-bond donors (Lipinski definition) is 2. The van der Waals surface area contributed by atoms with Gasteiger partial charge in [-0.05, 0) is 32.2 Å². The molecule has 0 spiro atoms. The molecule has 0 aromatic heterocycles. The Morgan fingerprint density at radius 3 is 2.59 bits per heavy atom. The summed E-state index contributed by atoms with van der Waals surface area (Å²) in [5, 5.41) is 11.6. The zero-order chi connectivity index (χ0) is 12.8. The maximum absolute atomic E-state index is 11.6. The molecule has 1 atom stereocenters. The van der Waals surface area contributed by atoms with E-state index in [1.807, 2.05) is 18.7 Å². The van der Waals surface area contributed by atoms with E-state index in [-0.39, 0.29) is 24.9 Å². The van der Waals surface area contributed by atoms with E-state index in [4.69, 9.17) is 5.11 Å². The van der Waals surface area contributed by atoms with Crippen molar-refractivity contribution in [2.45, 2.75) is 39.2 Å². The van der Waals surface area contributed by atoms with Crippen LogP contribution >= 0.6 is 0 Å². The average molecular weight is 242 g/mol. The second-order valence-corrected chi connectivity index (χ2v) is 4.76. The van der Waals surface area contributed by atoms with E-state index in [2.05, 4.69) is 5.32 Å². The van der Waals surface area contributed by atoms with E-state index in [0.717, 1.165) is 6.54 Å². The Morgan fingerprint density at radius 1 is 1.47 bits per heavy atom. The maximum atomic E-state index is 11.6. The second-order valence-electron chi connectivity index (χ2n) is 4.76. The van der Waals surface area contributed by atoms with Crippen molar-refractivity contribution in [1.82, 2.24) is 10.2 Å². The fourth-order valence-corrected chi connectivity index (χ4v) is 1.78. The molecule has 2 N–H and O–H groups in total. The third-order valence-electron chi connectivity index (χ3n) is 3.13. The summed E-state index contributed by atoms with van der Waals surface area (Å²) in [7, 11) is 0. The van der Waals surface area contributed by atoms with Crippen molar-refractivity contribution in [1.29, 1.82) is 0 Å². The molecule has 0 radical (unpaired) electrons. The largest absolute Gasteiger partial charge is 0.481 e. The van der Waals surface area contributed by atoms with Crippen LogP contribution in [0.15, 0.2) is 0 Å². The van der Waals surface area contributed by atoms with Crippen molar-refractivity contribution in [3.05, 3.63) is 0 Å². The van der Waals surface area contributed by atoms with Gasteiger partial charge in [0.15, 0.2) is 0 Å². The van der Waals surface area contributed by atoms with Crippen molar-refractivity contribution in [2.24, 2.45) is 5.92 Å². The molecule has 1 fully saturated rings. The van der Waals surface area contributed by atoms with Gasteiger partial charge < -0.3 is 10.4 Å². The van der Waals surface area contributed by atoms with Crippen molar-refractivity contribution in [3.8, 4) is 0 Å². The first-order valence-corrected chi connectivity index (χ1v) is 6.25. The smallest absolute Gasteiger partial charge is 0.304 e. The molecule has 5 nitrogen and oxygen atoms in total. The summed E-state index contributed by atoms with van der Waals surface area (Å²) in [6.07, 6.45) is 2.50. The molecule has 0 aromatic carbocycles. The molecule has 1 amide bonds. The number of rotatable bonds is 8. The van der Waals surface area contributed by atoms with Crippen LogP contribution in [-0.4, -0.2) is 47.6 Å². The van der Waals surface area contributed by atoms with Gasteiger partial charge in [-0.15, -0.1) is 0 Å². The lowest BCUT2D eigenvalue weighted by atomic mass is 10.2. The predicted octanol–water partition coefficient (Wildman–Crippen LogP) is 0.698. The zero-order valence-corrected chi connectivity index (χ0v) is 10.6. The Kier molecular flexibility index (Phi) is 5.41. The number of carbonyl (C=O) groups excluding carboxylic acids is 1. The monoisotopic (exact) mass is 242 g/mol. The molecule has 5 heteroatoms. The van der Waals surface area contributed by atoms with Gasteiger partial charge in [-0.25, -0.2) is 0 Å². The van der Waals surface area contributed by atoms with Crippen LogP contribution in [0.2, 0.25) is 0 Å². The summed E-state index contributed by atoms with van der Waals surface area (Å²) in [5.74, 6) is -0.157. The molecular formula is C12H22N2O3. The van der Waals surface area contributed by atoms with Crippen LogP contribution in [0.1, 0.15) is 33.1 Å². The van der Waals surface area contributed by atoms with Gasteiger partial charge in [-0.2, -0.15) is 0 Å². The van der Waals surface area contributed by atoms with Crippen LogP contribution in [0.3, 0.4) is 0 Å². The average Bonchev–Trinajstić information content (AvgIpc) is 3.05. The minimum atomic E-state index is -0.825. The van der Waals surface area contributed by atoms with Gasteiger partial charge in [0.25, 0.3) is 0 Å². The summed E-state index contributed by atoms with van der Waals surface area (Å²) in [5.41, 5.74) is 0. The first kappa shape index (κ1) is 14.0. The van der Waals surface area contributed by atoms with Gasteiger partial charge in [-0.3, -0.25) is 14.5 Å². The molecule has 17 heavy (non-hydrogen) atoms. The number of nitrogens with zero attached hydrogens (tertiary/aromatic N) is 1. The third kappa shape index (κ3) is 5.68. The van der Waals surface area contributed by atoms with E-state index < -0.39 is 5.97 Å². The summed E-state index contributed by atoms with van der Waals surface area (Å²) in [6.45, 7) is 5.52. The summed E-state index contributed by atoms with van der Waals surface area (Å²) < 4.78 is 0. The van der Waals surface area contributed by atoms with Crippen LogP contribution in [-0.2, 0) is 9.59 Å². The van der Waals surface area contributed by atoms with E-state index in [1.165, 1.54) is 12.8 Å². The minimum absolute atomic E-state index is 0.00371. The number of amides is 1. The van der Waals surface area contributed by atoms with Crippen LogP contribution < -0.4 is 5.32 Å². The van der Waals surface area contributed by atoms with Gasteiger partial charge in [0, 0.05) is 12.6 Å². The molecule has 1 saturated carbocycles. The van der Waals surface area contributed by atoms with Crippen LogP contribution in [0.5, 0.6) is 0 Å². The molecule has 0 heterocycles. The lowest BCUT2D eigenvalue weighted by Gasteiger charge is -2.25. The quantitative estimate of drug-likeness (QED) is 0.657. The molecule has 1 rings (SSSR count). The highest BCUT2D eigenvalue weighted by Gasteiger charge is 2.23. The highest BCUT2D eigenvalue weighted by atomic mass is 16.4. The van der Waals surface area contributed by atoms with Crippen molar-refractivity contribution >= 4 is 11.9 Å². The van der Waals surface area contributed by atoms with Gasteiger partial charge in [0.05, 0.1) is 13.0 Å². The van der Waals surface area contributed by atoms with Gasteiger partial charge in [0.2, 0.25) is 5.91 Å². The lowest BCUT2D eigenvalue weighted by molar-refractivity contribution is -0.138. The Bertz CT molecular complexity index is 277. The van der Waals surface area contributed by atoms with Crippen molar-refractivity contribution < 1.29 is 14.7 Å². The number of hydrogen-bond acceptors (Lipinski definition) is 3. The van der Waals surface area contributed by atoms with Gasteiger partial charge >= 0.3 is 5.97 Å². The van der Waals surface area contributed by atoms with Crippen molar-refractivity contribution in [3.63, 3.8) is 0 Å². The Balaban J connectivity index is 2.27. The molecule has 0 bridgehead atoms. The van der Waals surface area contributed by atoms with Crippen LogP contribution in [0, 0.1) is 5.92 Å². The third-order valence-corrected chi connectivity index (χ3v) is 3.13. The molecule has 0 saturated heterocycles. The van der Waals surface area contributed by atoms with E-state index in [0.29, 0.717) is 12.5 Å². The second kappa shape index (κ2) is 6.59. The number of carboxylic acids is 1. The summed E-state index contributed by atoms with van der Waals surface area (Å²) >= 11 is 0. The van der Waals surface area contributed by atoms with E-state index >= 15 is 0 Å². The molecule has 1 aliphatic carbocycles. The zero-order valence-electron chi connectivity index (χ0n) is 10.6. The van der Waals surface area contributed by atoms with Crippen LogP contribution in [0.25, 0.3) is 0 Å². The van der Waals surface area contributed by atoms with E-state index in [1.54, 1.807) is 0 Å². The first-order valence-electron chi connectivity index (χ1n) is 6.25. The number of carboxylic acid groups (broad SMARTS) is 1. The predicted molar refractivity (Wildman–Crippen MR) is 64.7 cm³/mol. The topological polar surface area (TPSA) is 69.6 Å². The van der Waals surface area contributed by atoms with E-state index in [9.17, 15) is 9.59 Å². The van der Waals surface area contributed by atoms with Crippen LogP contribution in [0.4, 0.5) is 0 Å². The fourth-order valence-electron chi connectivity index (χ4n) is 1.78. The summed E-state index contributed by atoms with van der Waals surface area (Å²) in [4.78, 5) is 24.1. The summed E-state index contributed by atoms with van der Waals surface area (Å²) in [6, 6.07) is -0.107. The minimum Gasteiger partial charge on any atom is -0.481 e. The van der Waals surface area contributed by atoms with Gasteiger partial charge in [0.1, 0.15) is 0 Å². The van der Waals surface area contributed by atoms with Gasteiger partial charge in [-0.1, -0.05) is 6.92 Å². The molecule has 0 aliphatic heterocycles. The standard InChI is InChI=1S/C12H22N2O3/c1-3-14(9(2)6-12(16)17)8-11(15)13-7-10-4-5-10/h9-10H,3-8H2,1-2H3,(H,13,15)(H,16,17). The highest BCUT2D eigenvalue weighted by Crippen LogP contribution is 2.27. The maximum Gasteiger partial charge on any atom is 0.304 e. The highest BCUT2D eigenvalue weighted by molar-refractivity contribution is 5.78. The van der Waals surface area contributed by atoms with Crippen molar-refractivity contribution in [2.75, 3.05) is 19.6 Å². The Labute approximate surface area is 102 Å². The SMILES string of the molecule is CCN(CC(=O)NCC1CC1)C(C)CC(=O)O. The normalized spacial score (nSPS) is 16.9. The molecule has 98 valence electrons. The number of likely N-dealkylation sites (N-methyl/N-ethyl adjacent to an activating group) is 1.